The molecular formula is C10H8ClN5O. The molecule has 0 aliphatic carbocycles. The molecule has 3 N–H and O–H groups in total. The van der Waals surface area contributed by atoms with E-state index in [4.69, 9.17) is 17.3 Å². The van der Waals surface area contributed by atoms with Crippen LogP contribution in [0.15, 0.2) is 30.7 Å². The van der Waals surface area contributed by atoms with Gasteiger partial charge in [0.2, 0.25) is 0 Å². The van der Waals surface area contributed by atoms with Gasteiger partial charge in [0, 0.05) is 18.0 Å². The van der Waals surface area contributed by atoms with Gasteiger partial charge in [0.25, 0.3) is 5.91 Å². The molecule has 0 radical (unpaired) electrons. The first-order chi connectivity index (χ1) is 8.15. The summed E-state index contributed by atoms with van der Waals surface area (Å²) in [5, 5.41) is 2.72. The average molecular weight is 250 g/mol. The largest absolute Gasteiger partial charge is 0.384 e. The van der Waals surface area contributed by atoms with Gasteiger partial charge in [0.15, 0.2) is 5.82 Å². The highest BCUT2D eigenvalue weighted by molar-refractivity contribution is 6.30. The van der Waals surface area contributed by atoms with Crippen molar-refractivity contribution >= 4 is 29.1 Å². The third-order valence-electron chi connectivity index (χ3n) is 1.88. The number of rotatable bonds is 2. The second-order valence-corrected chi connectivity index (χ2v) is 3.54. The van der Waals surface area contributed by atoms with E-state index in [-0.39, 0.29) is 16.9 Å². The maximum atomic E-state index is 11.8. The highest BCUT2D eigenvalue weighted by atomic mass is 35.5. The van der Waals surface area contributed by atoms with Crippen molar-refractivity contribution in [3.05, 3.63) is 41.4 Å². The Morgan fingerprint density at radius 3 is 2.82 bits per heavy atom. The molecule has 17 heavy (non-hydrogen) atoms. The number of amides is 1. The SMILES string of the molecule is Nc1cc(C(=O)Nc2cnccn2)cc(Cl)n1. The monoisotopic (exact) mass is 249 g/mol. The van der Waals surface area contributed by atoms with Gasteiger partial charge in [-0.05, 0) is 12.1 Å². The number of nitrogens with one attached hydrogen (secondary N) is 1. The van der Waals surface area contributed by atoms with E-state index in [1.165, 1.54) is 30.7 Å². The quantitative estimate of drug-likeness (QED) is 0.784. The Morgan fingerprint density at radius 2 is 2.18 bits per heavy atom. The van der Waals surface area contributed by atoms with E-state index in [0.29, 0.717) is 11.4 Å². The Kier molecular flexibility index (Phi) is 3.15. The van der Waals surface area contributed by atoms with Crippen molar-refractivity contribution in [2.24, 2.45) is 0 Å². The maximum absolute atomic E-state index is 11.8. The topological polar surface area (TPSA) is 93.8 Å². The summed E-state index contributed by atoms with van der Waals surface area (Å²) in [4.78, 5) is 23.3. The molecule has 0 aliphatic heterocycles. The summed E-state index contributed by atoms with van der Waals surface area (Å²) >= 11 is 5.70. The van der Waals surface area contributed by atoms with Gasteiger partial charge in [-0.1, -0.05) is 11.6 Å². The van der Waals surface area contributed by atoms with Gasteiger partial charge in [-0.3, -0.25) is 9.78 Å². The van der Waals surface area contributed by atoms with Crippen molar-refractivity contribution in [2.45, 2.75) is 0 Å². The first-order valence-electron chi connectivity index (χ1n) is 4.65. The molecule has 0 unspecified atom stereocenters. The summed E-state index contributed by atoms with van der Waals surface area (Å²) in [5.41, 5.74) is 5.80. The number of carbonyl (C=O) groups excluding carboxylic acids is 1. The van der Waals surface area contributed by atoms with E-state index in [1.54, 1.807) is 0 Å². The molecular weight excluding hydrogens is 242 g/mol. The van der Waals surface area contributed by atoms with Gasteiger partial charge >= 0.3 is 0 Å². The second kappa shape index (κ2) is 4.75. The summed E-state index contributed by atoms with van der Waals surface area (Å²) in [6.45, 7) is 0. The summed E-state index contributed by atoms with van der Waals surface area (Å²) in [6.07, 6.45) is 4.42. The molecule has 7 heteroatoms. The number of pyridine rings is 1. The minimum atomic E-state index is -0.374. The average Bonchev–Trinajstić information content (AvgIpc) is 2.29. The molecule has 2 aromatic heterocycles. The van der Waals surface area contributed by atoms with E-state index < -0.39 is 0 Å². The van der Waals surface area contributed by atoms with E-state index in [0.717, 1.165) is 0 Å². The van der Waals surface area contributed by atoms with Crippen LogP contribution in [-0.2, 0) is 0 Å². The summed E-state index contributed by atoms with van der Waals surface area (Å²) in [5.74, 6) is 0.160. The van der Waals surface area contributed by atoms with Crippen LogP contribution in [0.2, 0.25) is 5.15 Å². The van der Waals surface area contributed by atoms with Crippen molar-refractivity contribution in [3.63, 3.8) is 0 Å². The molecule has 0 atom stereocenters. The molecule has 0 bridgehead atoms. The number of nitrogen functional groups attached to an aromatic ring is 1. The first kappa shape index (κ1) is 11.3. The number of nitrogens with two attached hydrogens (primary N) is 1. The van der Waals surface area contributed by atoms with Crippen LogP contribution in [-0.4, -0.2) is 20.9 Å². The third-order valence-corrected chi connectivity index (χ3v) is 2.07. The van der Waals surface area contributed by atoms with Crippen molar-refractivity contribution in [1.82, 2.24) is 15.0 Å². The van der Waals surface area contributed by atoms with E-state index in [2.05, 4.69) is 20.3 Å². The van der Waals surface area contributed by atoms with Gasteiger partial charge in [0.1, 0.15) is 11.0 Å². The van der Waals surface area contributed by atoms with E-state index in [9.17, 15) is 4.79 Å². The molecule has 0 saturated carbocycles. The highest BCUT2D eigenvalue weighted by Gasteiger charge is 2.09. The van der Waals surface area contributed by atoms with Crippen LogP contribution in [0.5, 0.6) is 0 Å². The van der Waals surface area contributed by atoms with Crippen molar-refractivity contribution < 1.29 is 4.79 Å². The lowest BCUT2D eigenvalue weighted by atomic mass is 10.2. The Labute approximate surface area is 102 Å². The molecule has 0 aromatic carbocycles. The Hall–Kier alpha value is -2.21. The number of aromatic nitrogens is 3. The van der Waals surface area contributed by atoms with Gasteiger partial charge in [-0.15, -0.1) is 0 Å². The predicted octanol–water partition coefficient (Wildman–Crippen LogP) is 1.36. The summed E-state index contributed by atoms with van der Waals surface area (Å²) < 4.78 is 0. The fraction of sp³-hybridized carbons (Fsp3) is 0. The fourth-order valence-corrected chi connectivity index (χ4v) is 1.42. The number of hydrogen-bond acceptors (Lipinski definition) is 5. The lowest BCUT2D eigenvalue weighted by Crippen LogP contribution is -2.13. The number of nitrogens with zero attached hydrogens (tertiary/aromatic N) is 3. The van der Waals surface area contributed by atoms with E-state index >= 15 is 0 Å². The molecule has 0 fully saturated rings. The molecule has 86 valence electrons. The van der Waals surface area contributed by atoms with Crippen LogP contribution in [0.3, 0.4) is 0 Å². The maximum Gasteiger partial charge on any atom is 0.257 e. The predicted molar refractivity (Wildman–Crippen MR) is 63.6 cm³/mol. The Morgan fingerprint density at radius 1 is 1.35 bits per heavy atom. The van der Waals surface area contributed by atoms with Crippen LogP contribution >= 0.6 is 11.6 Å². The number of carbonyl (C=O) groups is 1. The first-order valence-corrected chi connectivity index (χ1v) is 5.03. The lowest BCUT2D eigenvalue weighted by Gasteiger charge is -2.04. The summed E-state index contributed by atoms with van der Waals surface area (Å²) in [6, 6.07) is 2.85. The molecule has 2 aromatic rings. The van der Waals surface area contributed by atoms with E-state index in [1.807, 2.05) is 0 Å². The smallest absolute Gasteiger partial charge is 0.257 e. The molecule has 2 rings (SSSR count). The van der Waals surface area contributed by atoms with Crippen molar-refractivity contribution in [3.8, 4) is 0 Å². The number of halogens is 1. The standard InChI is InChI=1S/C10H8ClN5O/c11-7-3-6(4-8(12)15-7)10(17)16-9-5-13-1-2-14-9/h1-5H,(H2,12,15)(H,14,16,17). The van der Waals surface area contributed by atoms with Gasteiger partial charge in [0.05, 0.1) is 6.20 Å². The van der Waals surface area contributed by atoms with Gasteiger partial charge in [-0.25, -0.2) is 9.97 Å². The Balaban J connectivity index is 2.20. The van der Waals surface area contributed by atoms with Crippen LogP contribution < -0.4 is 11.1 Å². The fourth-order valence-electron chi connectivity index (χ4n) is 1.20. The molecule has 0 spiro atoms. The highest BCUT2D eigenvalue weighted by Crippen LogP contribution is 2.13. The van der Waals surface area contributed by atoms with Crippen LogP contribution in [0.1, 0.15) is 10.4 Å². The van der Waals surface area contributed by atoms with Crippen molar-refractivity contribution in [2.75, 3.05) is 11.1 Å². The normalized spacial score (nSPS) is 9.94. The number of anilines is 2. The summed E-state index contributed by atoms with van der Waals surface area (Å²) in [7, 11) is 0. The molecule has 0 saturated heterocycles. The molecule has 2 heterocycles. The van der Waals surface area contributed by atoms with Crippen LogP contribution in [0.4, 0.5) is 11.6 Å². The minimum absolute atomic E-state index is 0.161. The van der Waals surface area contributed by atoms with Crippen molar-refractivity contribution in [1.29, 1.82) is 0 Å². The molecule has 0 aliphatic rings. The lowest BCUT2D eigenvalue weighted by molar-refractivity contribution is 0.102. The van der Waals surface area contributed by atoms with Gasteiger partial charge < -0.3 is 11.1 Å². The zero-order valence-electron chi connectivity index (χ0n) is 8.59. The van der Waals surface area contributed by atoms with Crippen LogP contribution in [0.25, 0.3) is 0 Å². The van der Waals surface area contributed by atoms with Crippen LogP contribution in [0, 0.1) is 0 Å². The minimum Gasteiger partial charge on any atom is -0.384 e. The zero-order valence-corrected chi connectivity index (χ0v) is 9.35. The second-order valence-electron chi connectivity index (χ2n) is 3.15. The third kappa shape index (κ3) is 2.88. The number of hydrogen-bond donors (Lipinski definition) is 2. The van der Waals surface area contributed by atoms with Gasteiger partial charge in [-0.2, -0.15) is 0 Å². The zero-order chi connectivity index (χ0) is 12.3. The molecule has 1 amide bonds. The Bertz CT molecular complexity index is 525. The molecule has 6 nitrogen and oxygen atoms in total.